The number of carbonyl (C=O) groups excluding carboxylic acids is 2. The quantitative estimate of drug-likeness (QED) is 0.584. The number of hydrogen-bond acceptors (Lipinski definition) is 3. The summed E-state index contributed by atoms with van der Waals surface area (Å²) >= 11 is 3.44. The molecule has 146 valence electrons. The van der Waals surface area contributed by atoms with E-state index in [1.807, 2.05) is 72.8 Å². The monoisotopic (exact) mass is 449 g/mol. The number of fused-ring (bicyclic) bond motifs is 3. The molecular weight excluding hydrogens is 430 g/mol. The Kier molecular flexibility index (Phi) is 5.49. The Hall–Kier alpha value is -2.92. The van der Waals surface area contributed by atoms with Gasteiger partial charge in [-0.3, -0.25) is 4.79 Å². The van der Waals surface area contributed by atoms with E-state index < -0.39 is 17.9 Å². The van der Waals surface area contributed by atoms with Crippen LogP contribution in [0.25, 0.3) is 11.1 Å². The maximum atomic E-state index is 13.3. The van der Waals surface area contributed by atoms with Crippen LogP contribution in [0.4, 0.5) is 0 Å². The number of benzene rings is 3. The second kappa shape index (κ2) is 8.21. The Morgan fingerprint density at radius 3 is 2.17 bits per heavy atom. The fourth-order valence-corrected chi connectivity index (χ4v) is 4.37. The molecule has 0 aliphatic heterocycles. The van der Waals surface area contributed by atoms with Gasteiger partial charge in [0.15, 0.2) is 0 Å². The highest BCUT2D eigenvalue weighted by atomic mass is 79.9. The molecule has 29 heavy (non-hydrogen) atoms. The fourth-order valence-electron chi connectivity index (χ4n) is 3.93. The van der Waals surface area contributed by atoms with Gasteiger partial charge in [-0.15, -0.1) is 0 Å². The normalized spacial score (nSPS) is 13.3. The lowest BCUT2D eigenvalue weighted by Gasteiger charge is -2.20. The Bertz CT molecular complexity index is 1030. The Morgan fingerprint density at radius 1 is 0.966 bits per heavy atom. The highest BCUT2D eigenvalue weighted by molar-refractivity contribution is 9.10. The van der Waals surface area contributed by atoms with Crippen molar-refractivity contribution in [3.05, 3.63) is 94.0 Å². The molecule has 0 radical (unpaired) electrons. The van der Waals surface area contributed by atoms with Crippen LogP contribution in [0.1, 0.15) is 22.6 Å². The molecule has 3 aromatic rings. The van der Waals surface area contributed by atoms with Crippen LogP contribution in [0, 0.1) is 0 Å². The molecule has 0 saturated carbocycles. The van der Waals surface area contributed by atoms with Gasteiger partial charge in [-0.2, -0.15) is 0 Å². The second-order valence-electron chi connectivity index (χ2n) is 7.03. The third kappa shape index (κ3) is 3.83. The molecule has 0 unspecified atom stereocenters. The lowest BCUT2D eigenvalue weighted by atomic mass is 9.95. The molecule has 1 aliphatic carbocycles. The molecule has 0 saturated heterocycles. The number of halogens is 1. The summed E-state index contributed by atoms with van der Waals surface area (Å²) in [4.78, 5) is 25.7. The third-order valence-corrected chi connectivity index (χ3v) is 5.72. The van der Waals surface area contributed by atoms with Gasteiger partial charge in [0.1, 0.15) is 6.04 Å². The van der Waals surface area contributed by atoms with Gasteiger partial charge in [-0.1, -0.05) is 76.6 Å². The molecule has 3 aromatic carbocycles. The summed E-state index contributed by atoms with van der Waals surface area (Å²) in [6.45, 7) is 0. The van der Waals surface area contributed by atoms with E-state index in [1.165, 1.54) is 7.11 Å². The summed E-state index contributed by atoms with van der Waals surface area (Å²) in [6, 6.07) is 22.7. The zero-order valence-corrected chi connectivity index (χ0v) is 17.5. The minimum atomic E-state index is -0.762. The van der Waals surface area contributed by atoms with Gasteiger partial charge in [-0.05, 0) is 39.9 Å². The first-order valence-corrected chi connectivity index (χ1v) is 10.2. The van der Waals surface area contributed by atoms with Gasteiger partial charge < -0.3 is 10.1 Å². The van der Waals surface area contributed by atoms with Crippen molar-refractivity contribution >= 4 is 27.8 Å². The molecule has 1 atom stereocenters. The summed E-state index contributed by atoms with van der Waals surface area (Å²) in [7, 11) is 1.34. The maximum absolute atomic E-state index is 13.3. The number of nitrogens with one attached hydrogen (secondary N) is 1. The van der Waals surface area contributed by atoms with E-state index in [9.17, 15) is 9.59 Å². The molecule has 0 aromatic heterocycles. The lowest BCUT2D eigenvalue weighted by Crippen LogP contribution is -2.45. The van der Waals surface area contributed by atoms with Crippen molar-refractivity contribution in [1.29, 1.82) is 0 Å². The number of carbonyl (C=O) groups is 2. The number of methoxy groups -OCH3 is 1. The summed E-state index contributed by atoms with van der Waals surface area (Å²) in [5.41, 5.74) is 4.96. The highest BCUT2D eigenvalue weighted by Crippen LogP contribution is 2.44. The van der Waals surface area contributed by atoms with E-state index in [0.29, 0.717) is 6.42 Å². The van der Waals surface area contributed by atoms with Crippen LogP contribution in [0.2, 0.25) is 0 Å². The SMILES string of the molecule is COC(=O)[C@H](Cc1cccc(Br)c1)NC(=O)C1c2ccccc2-c2ccccc21. The largest absolute Gasteiger partial charge is 0.467 e. The van der Waals surface area contributed by atoms with E-state index in [4.69, 9.17) is 4.74 Å². The highest BCUT2D eigenvalue weighted by Gasteiger charge is 2.35. The van der Waals surface area contributed by atoms with Crippen LogP contribution in [0.3, 0.4) is 0 Å². The minimum absolute atomic E-state index is 0.201. The second-order valence-corrected chi connectivity index (χ2v) is 7.94. The molecule has 4 nitrogen and oxygen atoms in total. The van der Waals surface area contributed by atoms with Gasteiger partial charge in [-0.25, -0.2) is 4.79 Å². The van der Waals surface area contributed by atoms with E-state index in [2.05, 4.69) is 21.2 Å². The molecule has 1 aliphatic rings. The van der Waals surface area contributed by atoms with Crippen molar-refractivity contribution in [2.75, 3.05) is 7.11 Å². The van der Waals surface area contributed by atoms with Crippen LogP contribution in [-0.2, 0) is 20.7 Å². The molecular formula is C24H20BrNO3. The van der Waals surface area contributed by atoms with Crippen LogP contribution in [0.15, 0.2) is 77.3 Å². The maximum Gasteiger partial charge on any atom is 0.328 e. The standard InChI is InChI=1S/C24H20BrNO3/c1-29-24(28)21(14-15-7-6-8-16(25)13-15)26-23(27)22-19-11-4-2-9-17(19)18-10-3-5-12-20(18)22/h2-13,21-22H,14H2,1H3,(H,26,27)/t21-/m0/s1. The number of ether oxygens (including phenoxy) is 1. The molecule has 0 bridgehead atoms. The topological polar surface area (TPSA) is 55.4 Å². The summed E-state index contributed by atoms with van der Waals surface area (Å²) in [5.74, 6) is -1.11. The van der Waals surface area contributed by atoms with Crippen molar-refractivity contribution in [2.45, 2.75) is 18.4 Å². The first-order chi connectivity index (χ1) is 14.1. The van der Waals surface area contributed by atoms with Crippen LogP contribution < -0.4 is 5.32 Å². The van der Waals surface area contributed by atoms with Crippen LogP contribution in [-0.4, -0.2) is 25.0 Å². The number of hydrogen-bond donors (Lipinski definition) is 1. The zero-order chi connectivity index (χ0) is 20.4. The number of rotatable bonds is 5. The Labute approximate surface area is 178 Å². The van der Waals surface area contributed by atoms with Crippen molar-refractivity contribution in [2.24, 2.45) is 0 Å². The van der Waals surface area contributed by atoms with Gasteiger partial charge in [0, 0.05) is 10.9 Å². The molecule has 0 heterocycles. The van der Waals surface area contributed by atoms with Gasteiger partial charge in [0.05, 0.1) is 13.0 Å². The first-order valence-electron chi connectivity index (χ1n) is 9.39. The lowest BCUT2D eigenvalue weighted by molar-refractivity contribution is -0.145. The van der Waals surface area contributed by atoms with Crippen molar-refractivity contribution in [3.63, 3.8) is 0 Å². The fraction of sp³-hybridized carbons (Fsp3) is 0.167. The average Bonchev–Trinajstić information content (AvgIpc) is 3.07. The molecule has 1 N–H and O–H groups in total. The number of amides is 1. The van der Waals surface area contributed by atoms with Gasteiger partial charge >= 0.3 is 5.97 Å². The molecule has 1 amide bonds. The van der Waals surface area contributed by atoms with Crippen molar-refractivity contribution in [1.82, 2.24) is 5.32 Å². The molecule has 4 rings (SSSR count). The van der Waals surface area contributed by atoms with Gasteiger partial charge in [0.25, 0.3) is 0 Å². The van der Waals surface area contributed by atoms with Crippen LogP contribution in [0.5, 0.6) is 0 Å². The predicted molar refractivity (Wildman–Crippen MR) is 116 cm³/mol. The molecule has 0 fully saturated rings. The number of esters is 1. The van der Waals surface area contributed by atoms with Gasteiger partial charge in [0.2, 0.25) is 5.91 Å². The summed E-state index contributed by atoms with van der Waals surface area (Å²) in [5, 5.41) is 2.93. The summed E-state index contributed by atoms with van der Waals surface area (Å²) < 4.78 is 5.87. The Morgan fingerprint density at radius 2 is 1.59 bits per heavy atom. The zero-order valence-electron chi connectivity index (χ0n) is 15.9. The molecule has 5 heteroatoms. The summed E-state index contributed by atoms with van der Waals surface area (Å²) in [6.07, 6.45) is 0.355. The predicted octanol–water partition coefficient (Wildman–Crippen LogP) is 4.46. The first kappa shape index (κ1) is 19.4. The minimum Gasteiger partial charge on any atom is -0.467 e. The Balaban J connectivity index is 1.63. The third-order valence-electron chi connectivity index (χ3n) is 5.23. The van der Waals surface area contributed by atoms with E-state index >= 15 is 0 Å². The smallest absolute Gasteiger partial charge is 0.328 e. The van der Waals surface area contributed by atoms with Crippen molar-refractivity contribution in [3.8, 4) is 11.1 Å². The van der Waals surface area contributed by atoms with Crippen LogP contribution >= 0.6 is 15.9 Å². The van der Waals surface area contributed by atoms with Crippen molar-refractivity contribution < 1.29 is 14.3 Å². The molecule has 0 spiro atoms. The van der Waals surface area contributed by atoms with E-state index in [1.54, 1.807) is 0 Å². The van der Waals surface area contributed by atoms with E-state index in [-0.39, 0.29) is 5.91 Å². The average molecular weight is 450 g/mol. The van der Waals surface area contributed by atoms with E-state index in [0.717, 1.165) is 32.3 Å².